The van der Waals surface area contributed by atoms with Crippen LogP contribution < -0.4 is 5.32 Å². The Morgan fingerprint density at radius 2 is 2.00 bits per heavy atom. The lowest BCUT2D eigenvalue weighted by molar-refractivity contribution is 0.956. The van der Waals surface area contributed by atoms with E-state index in [1.165, 1.54) is 16.8 Å². The van der Waals surface area contributed by atoms with Crippen LogP contribution in [0.3, 0.4) is 0 Å². The first-order chi connectivity index (χ1) is 11.0. The van der Waals surface area contributed by atoms with Crippen LogP contribution in [0.15, 0.2) is 45.4 Å². The van der Waals surface area contributed by atoms with Gasteiger partial charge in [-0.25, -0.2) is 0 Å². The summed E-state index contributed by atoms with van der Waals surface area (Å²) >= 11 is 6.30. The molecule has 0 aliphatic heterocycles. The molecule has 0 amide bonds. The lowest BCUT2D eigenvalue weighted by Gasteiger charge is -2.12. The molecule has 23 heavy (non-hydrogen) atoms. The Balaban J connectivity index is 2.90. The number of hydrogen-bond donors (Lipinski definition) is 1. The summed E-state index contributed by atoms with van der Waals surface area (Å²) in [5.41, 5.74) is 7.17. The normalized spacial score (nSPS) is 13.9. The van der Waals surface area contributed by atoms with Crippen molar-refractivity contribution in [2.45, 2.75) is 47.5 Å². The third kappa shape index (κ3) is 5.24. The fraction of sp³-hybridized carbons (Fsp3) is 0.450. The molecule has 3 heteroatoms. The van der Waals surface area contributed by atoms with E-state index in [2.05, 4.69) is 57.3 Å². The third-order valence-electron chi connectivity index (χ3n) is 4.19. The molecule has 0 saturated carbocycles. The second kappa shape index (κ2) is 9.57. The van der Waals surface area contributed by atoms with Gasteiger partial charge in [0, 0.05) is 30.0 Å². The number of halogens is 1. The van der Waals surface area contributed by atoms with Crippen molar-refractivity contribution in [1.29, 1.82) is 0 Å². The number of allylic oxidation sites excluding steroid dienone is 4. The Bertz CT molecular complexity index is 625. The summed E-state index contributed by atoms with van der Waals surface area (Å²) in [4.78, 5) is 4.77. The number of nitrogens with zero attached hydrogens (tertiary/aromatic N) is 1. The molecule has 0 spiro atoms. The SMILES string of the molecule is C/C=C(C(C)=NCCc1c(C)cccc1NC)\C(C)=C(\Cl)CC. The predicted octanol–water partition coefficient (Wildman–Crippen LogP) is 5.91. The number of aliphatic imine (C=N–C) groups is 1. The van der Waals surface area contributed by atoms with Crippen LogP contribution in [0, 0.1) is 6.92 Å². The van der Waals surface area contributed by atoms with Crippen LogP contribution in [0.25, 0.3) is 0 Å². The molecule has 0 aliphatic rings. The van der Waals surface area contributed by atoms with Gasteiger partial charge in [-0.1, -0.05) is 36.7 Å². The highest BCUT2D eigenvalue weighted by Gasteiger charge is 2.08. The molecule has 0 bridgehead atoms. The molecular formula is C20H29ClN2. The summed E-state index contributed by atoms with van der Waals surface area (Å²) in [6.45, 7) is 11.2. The monoisotopic (exact) mass is 332 g/mol. The summed E-state index contributed by atoms with van der Waals surface area (Å²) in [5.74, 6) is 0. The van der Waals surface area contributed by atoms with E-state index in [9.17, 15) is 0 Å². The molecule has 0 heterocycles. The van der Waals surface area contributed by atoms with Crippen LogP contribution in [-0.4, -0.2) is 19.3 Å². The number of benzene rings is 1. The van der Waals surface area contributed by atoms with E-state index in [-0.39, 0.29) is 0 Å². The van der Waals surface area contributed by atoms with Crippen LogP contribution in [0.2, 0.25) is 0 Å². The molecule has 2 nitrogen and oxygen atoms in total. The molecule has 0 fully saturated rings. The Morgan fingerprint density at radius 3 is 2.57 bits per heavy atom. The number of nitrogens with one attached hydrogen (secondary N) is 1. The molecule has 0 atom stereocenters. The van der Waals surface area contributed by atoms with Gasteiger partial charge in [0.1, 0.15) is 0 Å². The second-order valence-electron chi connectivity index (χ2n) is 5.65. The van der Waals surface area contributed by atoms with Crippen LogP contribution in [0.5, 0.6) is 0 Å². The number of anilines is 1. The first kappa shape index (κ1) is 19.5. The second-order valence-corrected chi connectivity index (χ2v) is 6.11. The molecule has 0 unspecified atom stereocenters. The summed E-state index contributed by atoms with van der Waals surface area (Å²) < 4.78 is 0. The molecule has 0 aromatic heterocycles. The van der Waals surface area contributed by atoms with Gasteiger partial charge in [-0.2, -0.15) is 0 Å². The Hall–Kier alpha value is -1.54. The van der Waals surface area contributed by atoms with Crippen molar-refractivity contribution in [2.24, 2.45) is 4.99 Å². The van der Waals surface area contributed by atoms with Crippen molar-refractivity contribution < 1.29 is 0 Å². The van der Waals surface area contributed by atoms with Crippen LogP contribution in [0.4, 0.5) is 5.69 Å². The van der Waals surface area contributed by atoms with Gasteiger partial charge >= 0.3 is 0 Å². The number of aryl methyl sites for hydroxylation is 1. The van der Waals surface area contributed by atoms with Gasteiger partial charge in [-0.3, -0.25) is 4.99 Å². The summed E-state index contributed by atoms with van der Waals surface area (Å²) in [5, 5.41) is 4.17. The van der Waals surface area contributed by atoms with Crippen LogP contribution >= 0.6 is 11.6 Å². The van der Waals surface area contributed by atoms with Gasteiger partial charge in [-0.15, -0.1) is 0 Å². The van der Waals surface area contributed by atoms with Crippen LogP contribution in [0.1, 0.15) is 45.2 Å². The fourth-order valence-electron chi connectivity index (χ4n) is 2.80. The first-order valence-corrected chi connectivity index (χ1v) is 8.63. The summed E-state index contributed by atoms with van der Waals surface area (Å²) in [6.07, 6.45) is 3.88. The molecule has 126 valence electrons. The molecule has 1 N–H and O–H groups in total. The average Bonchev–Trinajstić information content (AvgIpc) is 2.55. The molecule has 1 rings (SSSR count). The molecule has 0 saturated heterocycles. The zero-order valence-corrected chi connectivity index (χ0v) is 16.0. The van der Waals surface area contributed by atoms with Gasteiger partial charge in [0.05, 0.1) is 0 Å². The van der Waals surface area contributed by atoms with Gasteiger partial charge in [0.2, 0.25) is 0 Å². The third-order valence-corrected chi connectivity index (χ3v) is 4.74. The predicted molar refractivity (Wildman–Crippen MR) is 105 cm³/mol. The Labute approximate surface area is 146 Å². The minimum atomic E-state index is 0.778. The molecule has 0 aliphatic carbocycles. The molecular weight excluding hydrogens is 304 g/mol. The zero-order valence-electron chi connectivity index (χ0n) is 15.3. The van der Waals surface area contributed by atoms with Crippen molar-refractivity contribution in [3.63, 3.8) is 0 Å². The lowest BCUT2D eigenvalue weighted by atomic mass is 10.0. The van der Waals surface area contributed by atoms with E-state index < -0.39 is 0 Å². The quantitative estimate of drug-likeness (QED) is 0.487. The topological polar surface area (TPSA) is 24.4 Å². The van der Waals surface area contributed by atoms with Crippen molar-refractivity contribution in [3.8, 4) is 0 Å². The van der Waals surface area contributed by atoms with E-state index in [0.29, 0.717) is 0 Å². The van der Waals surface area contributed by atoms with Gasteiger partial charge in [0.15, 0.2) is 0 Å². The number of rotatable bonds is 7. The van der Waals surface area contributed by atoms with Crippen molar-refractivity contribution in [3.05, 3.63) is 51.6 Å². The first-order valence-electron chi connectivity index (χ1n) is 8.25. The van der Waals surface area contributed by atoms with E-state index in [1.807, 2.05) is 14.0 Å². The Kier molecular flexibility index (Phi) is 8.11. The standard InChI is InChI=1S/C20H29ClN2/c1-7-17(15(4)19(21)8-2)16(5)23-13-12-18-14(3)10-9-11-20(18)22-6/h7,9-11,22H,8,12-13H2,1-6H3/b17-7+,19-15+,23-16?. The lowest BCUT2D eigenvalue weighted by Crippen LogP contribution is -2.04. The van der Waals surface area contributed by atoms with E-state index in [4.69, 9.17) is 16.6 Å². The van der Waals surface area contributed by atoms with E-state index in [1.54, 1.807) is 0 Å². The maximum Gasteiger partial charge on any atom is 0.0433 e. The smallest absolute Gasteiger partial charge is 0.0433 e. The maximum atomic E-state index is 6.30. The highest BCUT2D eigenvalue weighted by Crippen LogP contribution is 2.22. The van der Waals surface area contributed by atoms with Gasteiger partial charge in [0.25, 0.3) is 0 Å². The minimum absolute atomic E-state index is 0.778. The molecule has 1 aromatic carbocycles. The zero-order chi connectivity index (χ0) is 17.4. The largest absolute Gasteiger partial charge is 0.388 e. The fourth-order valence-corrected chi connectivity index (χ4v) is 2.90. The highest BCUT2D eigenvalue weighted by atomic mass is 35.5. The number of hydrogen-bond acceptors (Lipinski definition) is 2. The van der Waals surface area contributed by atoms with Crippen molar-refractivity contribution in [1.82, 2.24) is 0 Å². The van der Waals surface area contributed by atoms with E-state index >= 15 is 0 Å². The highest BCUT2D eigenvalue weighted by molar-refractivity contribution is 6.30. The molecule has 1 aromatic rings. The van der Waals surface area contributed by atoms with Gasteiger partial charge in [-0.05, 0) is 68.9 Å². The van der Waals surface area contributed by atoms with Gasteiger partial charge < -0.3 is 5.32 Å². The summed E-state index contributed by atoms with van der Waals surface area (Å²) in [7, 11) is 1.96. The minimum Gasteiger partial charge on any atom is -0.388 e. The van der Waals surface area contributed by atoms with E-state index in [0.717, 1.165) is 41.3 Å². The van der Waals surface area contributed by atoms with Crippen LogP contribution in [-0.2, 0) is 6.42 Å². The Morgan fingerprint density at radius 1 is 1.30 bits per heavy atom. The van der Waals surface area contributed by atoms with Crippen molar-refractivity contribution in [2.75, 3.05) is 18.9 Å². The summed E-state index contributed by atoms with van der Waals surface area (Å²) in [6, 6.07) is 6.35. The van der Waals surface area contributed by atoms with Crippen molar-refractivity contribution >= 4 is 23.0 Å². The maximum absolute atomic E-state index is 6.30. The molecule has 0 radical (unpaired) electrons. The average molecular weight is 333 g/mol.